The van der Waals surface area contributed by atoms with Gasteiger partial charge in [-0.1, -0.05) is 0 Å². The average molecular weight is 191 g/mol. The molecule has 1 rings (SSSR count). The summed E-state index contributed by atoms with van der Waals surface area (Å²) in [6.07, 6.45) is 2.68. The average Bonchev–Trinajstić information content (AvgIpc) is 2.45. The molecule has 1 fully saturated rings. The Morgan fingerprint density at radius 3 is 2.92 bits per heavy atom. The number of alkyl halides is 1. The highest BCUT2D eigenvalue weighted by molar-refractivity contribution is 6.18. The third kappa shape index (κ3) is 3.74. The van der Waals surface area contributed by atoms with E-state index in [0.717, 1.165) is 24.9 Å². The lowest BCUT2D eigenvalue weighted by Crippen LogP contribution is -2.21. The molecule has 0 aromatic carbocycles. The van der Waals surface area contributed by atoms with Crippen LogP contribution >= 0.6 is 11.6 Å². The maximum atomic E-state index is 5.55. The fourth-order valence-electron chi connectivity index (χ4n) is 1.76. The number of likely N-dealkylation sites (tertiary alicyclic amines) is 1. The Kier molecular flexibility index (Phi) is 4.96. The molecule has 1 aliphatic heterocycles. The quantitative estimate of drug-likeness (QED) is 0.517. The smallest absolute Gasteiger partial charge is 0.0348 e. The second kappa shape index (κ2) is 5.79. The number of nitrogens with one attached hydrogen (secondary N) is 1. The van der Waals surface area contributed by atoms with Crippen molar-refractivity contribution in [2.75, 3.05) is 39.1 Å². The van der Waals surface area contributed by atoms with Crippen molar-refractivity contribution in [1.82, 2.24) is 10.2 Å². The van der Waals surface area contributed by atoms with Gasteiger partial charge >= 0.3 is 0 Å². The van der Waals surface area contributed by atoms with Crippen molar-refractivity contribution in [3.63, 3.8) is 0 Å². The molecule has 0 aliphatic carbocycles. The zero-order chi connectivity index (χ0) is 8.81. The van der Waals surface area contributed by atoms with Crippen molar-refractivity contribution in [3.8, 4) is 0 Å². The normalized spacial score (nSPS) is 25.0. The van der Waals surface area contributed by atoms with E-state index in [1.165, 1.54) is 25.9 Å². The van der Waals surface area contributed by atoms with Crippen molar-refractivity contribution in [2.45, 2.75) is 12.8 Å². The van der Waals surface area contributed by atoms with Gasteiger partial charge in [0.25, 0.3) is 0 Å². The minimum Gasteiger partial charge on any atom is -0.316 e. The third-order valence-corrected chi connectivity index (χ3v) is 2.68. The highest BCUT2D eigenvalue weighted by atomic mass is 35.5. The van der Waals surface area contributed by atoms with Crippen LogP contribution in [0.1, 0.15) is 12.8 Å². The van der Waals surface area contributed by atoms with Crippen molar-refractivity contribution in [3.05, 3.63) is 0 Å². The molecule has 1 unspecified atom stereocenters. The fourth-order valence-corrected chi connectivity index (χ4v) is 1.89. The number of rotatable bonds is 5. The van der Waals surface area contributed by atoms with Gasteiger partial charge in [0.15, 0.2) is 0 Å². The van der Waals surface area contributed by atoms with Gasteiger partial charge < -0.3 is 10.2 Å². The summed E-state index contributed by atoms with van der Waals surface area (Å²) in [6, 6.07) is 0. The number of nitrogens with zero attached hydrogens (tertiary/aromatic N) is 1. The molecular formula is C9H19ClN2. The van der Waals surface area contributed by atoms with Crippen LogP contribution in [0.15, 0.2) is 0 Å². The lowest BCUT2D eigenvalue weighted by atomic mass is 10.1. The van der Waals surface area contributed by atoms with E-state index in [4.69, 9.17) is 11.6 Å². The van der Waals surface area contributed by atoms with Crippen LogP contribution in [0.3, 0.4) is 0 Å². The van der Waals surface area contributed by atoms with Crippen molar-refractivity contribution < 1.29 is 0 Å². The van der Waals surface area contributed by atoms with Crippen LogP contribution in [0.5, 0.6) is 0 Å². The molecule has 12 heavy (non-hydrogen) atoms. The molecule has 2 nitrogen and oxygen atoms in total. The molecule has 1 atom stereocenters. The van der Waals surface area contributed by atoms with Crippen LogP contribution in [0, 0.1) is 5.92 Å². The van der Waals surface area contributed by atoms with Crippen LogP contribution < -0.4 is 5.32 Å². The molecule has 0 radical (unpaired) electrons. The second-order valence-electron chi connectivity index (χ2n) is 3.64. The Morgan fingerprint density at radius 2 is 2.33 bits per heavy atom. The molecular weight excluding hydrogens is 172 g/mol. The van der Waals surface area contributed by atoms with Gasteiger partial charge in [0.1, 0.15) is 0 Å². The highest BCUT2D eigenvalue weighted by Crippen LogP contribution is 2.16. The van der Waals surface area contributed by atoms with Gasteiger partial charge in [0.2, 0.25) is 0 Å². The molecule has 0 saturated carbocycles. The topological polar surface area (TPSA) is 15.3 Å². The van der Waals surface area contributed by atoms with Gasteiger partial charge in [-0.2, -0.15) is 0 Å². The van der Waals surface area contributed by atoms with E-state index in [2.05, 4.69) is 17.3 Å². The van der Waals surface area contributed by atoms with Crippen LogP contribution in [0.4, 0.5) is 0 Å². The predicted molar refractivity (Wildman–Crippen MR) is 53.8 cm³/mol. The van der Waals surface area contributed by atoms with E-state index in [0.29, 0.717) is 0 Å². The van der Waals surface area contributed by atoms with Gasteiger partial charge in [-0.15, -0.1) is 11.6 Å². The molecule has 0 amide bonds. The largest absolute Gasteiger partial charge is 0.316 e. The minimum atomic E-state index is 0.727. The van der Waals surface area contributed by atoms with Gasteiger partial charge in [0, 0.05) is 19.0 Å². The Bertz CT molecular complexity index is 119. The Morgan fingerprint density at radius 1 is 1.50 bits per heavy atom. The van der Waals surface area contributed by atoms with Crippen LogP contribution in [0.2, 0.25) is 0 Å². The summed E-state index contributed by atoms with van der Waals surface area (Å²) < 4.78 is 0. The molecule has 1 N–H and O–H groups in total. The molecule has 0 spiro atoms. The van der Waals surface area contributed by atoms with Gasteiger partial charge in [-0.05, 0) is 38.9 Å². The van der Waals surface area contributed by atoms with E-state index in [-0.39, 0.29) is 0 Å². The number of hydrogen-bond acceptors (Lipinski definition) is 2. The van der Waals surface area contributed by atoms with E-state index >= 15 is 0 Å². The molecule has 0 aromatic heterocycles. The maximum Gasteiger partial charge on any atom is 0.0348 e. The molecule has 3 heteroatoms. The first-order chi connectivity index (χ1) is 5.83. The lowest BCUT2D eigenvalue weighted by molar-refractivity contribution is 0.385. The summed E-state index contributed by atoms with van der Waals surface area (Å²) >= 11 is 5.55. The Labute approximate surface area is 80.3 Å². The predicted octanol–water partition coefficient (Wildman–Crippen LogP) is 1.16. The van der Waals surface area contributed by atoms with E-state index < -0.39 is 0 Å². The molecule has 1 aliphatic rings. The van der Waals surface area contributed by atoms with E-state index in [1.807, 2.05) is 0 Å². The molecule has 1 saturated heterocycles. The number of halogens is 1. The zero-order valence-electron chi connectivity index (χ0n) is 7.85. The summed E-state index contributed by atoms with van der Waals surface area (Å²) in [7, 11) is 2.20. The van der Waals surface area contributed by atoms with E-state index in [1.54, 1.807) is 0 Å². The first kappa shape index (κ1) is 10.3. The van der Waals surface area contributed by atoms with Crippen molar-refractivity contribution >= 4 is 11.6 Å². The molecule has 0 aromatic rings. The number of hydrogen-bond donors (Lipinski definition) is 1. The highest BCUT2D eigenvalue weighted by Gasteiger charge is 2.18. The summed E-state index contributed by atoms with van der Waals surface area (Å²) in [5, 5.41) is 3.33. The summed E-state index contributed by atoms with van der Waals surface area (Å²) in [5.74, 6) is 1.64. The van der Waals surface area contributed by atoms with Crippen LogP contribution in [0.25, 0.3) is 0 Å². The second-order valence-corrected chi connectivity index (χ2v) is 4.02. The first-order valence-corrected chi connectivity index (χ1v) is 5.31. The Balaban J connectivity index is 1.93. The van der Waals surface area contributed by atoms with Gasteiger partial charge in [0.05, 0.1) is 0 Å². The summed E-state index contributed by atoms with van der Waals surface area (Å²) in [4.78, 5) is 2.41. The van der Waals surface area contributed by atoms with Crippen LogP contribution in [-0.4, -0.2) is 44.0 Å². The maximum absolute atomic E-state index is 5.55. The standard InChI is InChI=1S/C9H19ClN2/c1-12-7-3-9(8-12)2-5-11-6-4-10/h9,11H,2-8H2,1H3. The minimum absolute atomic E-state index is 0.727. The zero-order valence-corrected chi connectivity index (χ0v) is 8.61. The monoisotopic (exact) mass is 190 g/mol. The third-order valence-electron chi connectivity index (χ3n) is 2.49. The van der Waals surface area contributed by atoms with Crippen molar-refractivity contribution in [2.24, 2.45) is 5.92 Å². The van der Waals surface area contributed by atoms with E-state index in [9.17, 15) is 0 Å². The molecule has 1 heterocycles. The SMILES string of the molecule is CN1CCC(CCNCCCl)C1. The van der Waals surface area contributed by atoms with Crippen molar-refractivity contribution in [1.29, 1.82) is 0 Å². The van der Waals surface area contributed by atoms with Gasteiger partial charge in [-0.25, -0.2) is 0 Å². The summed E-state index contributed by atoms with van der Waals surface area (Å²) in [5.41, 5.74) is 0. The van der Waals surface area contributed by atoms with Gasteiger partial charge in [-0.3, -0.25) is 0 Å². The first-order valence-electron chi connectivity index (χ1n) is 4.78. The molecule has 0 bridgehead atoms. The summed E-state index contributed by atoms with van der Waals surface area (Å²) in [6.45, 7) is 4.64. The fraction of sp³-hybridized carbons (Fsp3) is 1.00. The molecule has 72 valence electrons. The lowest BCUT2D eigenvalue weighted by Gasteiger charge is -2.10. The van der Waals surface area contributed by atoms with Crippen LogP contribution in [-0.2, 0) is 0 Å². The Hall–Kier alpha value is 0.210.